The Morgan fingerprint density at radius 1 is 1.15 bits per heavy atom. The maximum Gasteiger partial charge on any atom is 0.235 e. The summed E-state index contributed by atoms with van der Waals surface area (Å²) < 4.78 is 30.4. The lowest BCUT2D eigenvalue weighted by atomic mass is 10.1. The molecular formula is C19H23ClN2O4S. The Labute approximate surface area is 165 Å². The SMILES string of the molecule is COc1ccc([C@@H](C)NC(=O)CN(Cc2ccc(Cl)cc2)S(C)(=O)=O)cc1. The fourth-order valence-electron chi connectivity index (χ4n) is 2.51. The van der Waals surface area contributed by atoms with E-state index < -0.39 is 10.0 Å². The molecule has 0 saturated carbocycles. The lowest BCUT2D eigenvalue weighted by molar-refractivity contribution is -0.122. The lowest BCUT2D eigenvalue weighted by Gasteiger charge is -2.21. The Balaban J connectivity index is 2.03. The minimum atomic E-state index is -3.55. The van der Waals surface area contributed by atoms with Gasteiger partial charge in [-0.2, -0.15) is 4.31 Å². The van der Waals surface area contributed by atoms with E-state index in [1.165, 1.54) is 0 Å². The Morgan fingerprint density at radius 2 is 1.74 bits per heavy atom. The van der Waals surface area contributed by atoms with Gasteiger partial charge in [-0.15, -0.1) is 0 Å². The molecule has 0 fully saturated rings. The fraction of sp³-hybridized carbons (Fsp3) is 0.316. The first-order valence-electron chi connectivity index (χ1n) is 8.32. The third kappa shape index (κ3) is 6.53. The van der Waals surface area contributed by atoms with E-state index in [0.717, 1.165) is 27.4 Å². The number of carbonyl (C=O) groups excluding carboxylic acids is 1. The van der Waals surface area contributed by atoms with Crippen molar-refractivity contribution in [2.24, 2.45) is 0 Å². The summed E-state index contributed by atoms with van der Waals surface area (Å²) in [4.78, 5) is 12.4. The average Bonchev–Trinajstić information content (AvgIpc) is 2.62. The number of nitrogens with one attached hydrogen (secondary N) is 1. The monoisotopic (exact) mass is 410 g/mol. The van der Waals surface area contributed by atoms with E-state index in [1.807, 2.05) is 19.1 Å². The number of sulfonamides is 1. The predicted octanol–water partition coefficient (Wildman–Crippen LogP) is 2.99. The van der Waals surface area contributed by atoms with Crippen molar-refractivity contribution < 1.29 is 17.9 Å². The number of methoxy groups -OCH3 is 1. The molecule has 0 aliphatic carbocycles. The van der Waals surface area contributed by atoms with Crippen molar-refractivity contribution >= 4 is 27.5 Å². The van der Waals surface area contributed by atoms with Gasteiger partial charge in [-0.05, 0) is 42.3 Å². The second-order valence-electron chi connectivity index (χ2n) is 6.22. The van der Waals surface area contributed by atoms with E-state index in [9.17, 15) is 13.2 Å². The van der Waals surface area contributed by atoms with E-state index in [4.69, 9.17) is 16.3 Å². The first-order chi connectivity index (χ1) is 12.7. The smallest absolute Gasteiger partial charge is 0.235 e. The van der Waals surface area contributed by atoms with Crippen molar-refractivity contribution in [1.29, 1.82) is 0 Å². The number of hydrogen-bond donors (Lipinski definition) is 1. The molecule has 8 heteroatoms. The second-order valence-corrected chi connectivity index (χ2v) is 8.64. The van der Waals surface area contributed by atoms with Crippen molar-refractivity contribution in [2.75, 3.05) is 19.9 Å². The largest absolute Gasteiger partial charge is 0.497 e. The molecule has 0 unspecified atom stereocenters. The second kappa shape index (κ2) is 9.21. The van der Waals surface area contributed by atoms with E-state index >= 15 is 0 Å². The summed E-state index contributed by atoms with van der Waals surface area (Å²) in [5, 5.41) is 3.39. The average molecular weight is 411 g/mol. The minimum absolute atomic E-state index is 0.0976. The standard InChI is InChI=1S/C19H23ClN2O4S/c1-14(16-6-10-18(26-2)11-7-16)21-19(23)13-22(27(3,24)25)12-15-4-8-17(20)9-5-15/h4-11,14H,12-13H2,1-3H3,(H,21,23)/t14-/m1/s1. The van der Waals surface area contributed by atoms with Crippen LogP contribution in [-0.2, 0) is 21.4 Å². The molecule has 2 aromatic carbocycles. The van der Waals surface area contributed by atoms with Crippen LogP contribution in [0.3, 0.4) is 0 Å². The van der Waals surface area contributed by atoms with Gasteiger partial charge in [0.2, 0.25) is 15.9 Å². The first kappa shape index (κ1) is 21.2. The van der Waals surface area contributed by atoms with Gasteiger partial charge >= 0.3 is 0 Å². The Kier molecular flexibility index (Phi) is 7.24. The molecule has 2 aromatic rings. The number of hydrogen-bond acceptors (Lipinski definition) is 4. The van der Waals surface area contributed by atoms with E-state index in [1.54, 1.807) is 43.5 Å². The zero-order valence-corrected chi connectivity index (χ0v) is 17.0. The topological polar surface area (TPSA) is 75.7 Å². The van der Waals surface area contributed by atoms with Crippen LogP contribution < -0.4 is 10.1 Å². The van der Waals surface area contributed by atoms with Crippen LogP contribution in [0.2, 0.25) is 5.02 Å². The van der Waals surface area contributed by atoms with Gasteiger partial charge < -0.3 is 10.1 Å². The van der Waals surface area contributed by atoms with E-state index in [2.05, 4.69) is 5.32 Å². The van der Waals surface area contributed by atoms with Gasteiger partial charge in [0.1, 0.15) is 5.75 Å². The highest BCUT2D eigenvalue weighted by Gasteiger charge is 2.21. The zero-order chi connectivity index (χ0) is 20.0. The summed E-state index contributed by atoms with van der Waals surface area (Å²) in [6, 6.07) is 13.9. The molecule has 0 spiro atoms. The third-order valence-electron chi connectivity index (χ3n) is 4.05. The summed E-state index contributed by atoms with van der Waals surface area (Å²) in [6.45, 7) is 1.67. The quantitative estimate of drug-likeness (QED) is 0.725. The molecule has 0 heterocycles. The molecule has 0 aliphatic rings. The van der Waals surface area contributed by atoms with Gasteiger partial charge in [0.05, 0.1) is 26.0 Å². The number of halogens is 1. The van der Waals surface area contributed by atoms with Crippen LogP contribution in [0.15, 0.2) is 48.5 Å². The fourth-order valence-corrected chi connectivity index (χ4v) is 3.37. The molecular weight excluding hydrogens is 388 g/mol. The summed E-state index contributed by atoms with van der Waals surface area (Å²) in [6.07, 6.45) is 1.09. The van der Waals surface area contributed by atoms with E-state index in [-0.39, 0.29) is 25.0 Å². The van der Waals surface area contributed by atoms with Crippen molar-refractivity contribution in [3.63, 3.8) is 0 Å². The van der Waals surface area contributed by atoms with Gasteiger partial charge in [0, 0.05) is 11.6 Å². The predicted molar refractivity (Wildman–Crippen MR) is 106 cm³/mol. The van der Waals surface area contributed by atoms with Crippen LogP contribution in [0.4, 0.5) is 0 Å². The number of benzene rings is 2. The number of amides is 1. The highest BCUT2D eigenvalue weighted by Crippen LogP contribution is 2.17. The number of carbonyl (C=O) groups is 1. The van der Waals surface area contributed by atoms with Crippen LogP contribution >= 0.6 is 11.6 Å². The van der Waals surface area contributed by atoms with Crippen molar-refractivity contribution in [1.82, 2.24) is 9.62 Å². The van der Waals surface area contributed by atoms with Crippen LogP contribution in [0.5, 0.6) is 5.75 Å². The molecule has 0 aromatic heterocycles. The van der Waals surface area contributed by atoms with E-state index in [0.29, 0.717) is 5.02 Å². The molecule has 0 saturated heterocycles. The van der Waals surface area contributed by atoms with Crippen molar-refractivity contribution in [2.45, 2.75) is 19.5 Å². The molecule has 27 heavy (non-hydrogen) atoms. The molecule has 0 radical (unpaired) electrons. The minimum Gasteiger partial charge on any atom is -0.497 e. The number of rotatable bonds is 8. The van der Waals surface area contributed by atoms with Gasteiger partial charge in [0.15, 0.2) is 0 Å². The normalized spacial score (nSPS) is 12.6. The van der Waals surface area contributed by atoms with Gasteiger partial charge in [-0.3, -0.25) is 4.79 Å². The van der Waals surface area contributed by atoms with Crippen molar-refractivity contribution in [3.05, 3.63) is 64.7 Å². The molecule has 1 amide bonds. The summed E-state index contributed by atoms with van der Waals surface area (Å²) in [7, 11) is -1.97. The maximum absolute atomic E-state index is 12.4. The van der Waals surface area contributed by atoms with Crippen LogP contribution in [-0.4, -0.2) is 38.5 Å². The molecule has 0 bridgehead atoms. The molecule has 0 aliphatic heterocycles. The summed E-state index contributed by atoms with van der Waals surface area (Å²) in [5.41, 5.74) is 1.65. The molecule has 1 atom stereocenters. The number of ether oxygens (including phenoxy) is 1. The molecule has 6 nitrogen and oxygen atoms in total. The highest BCUT2D eigenvalue weighted by molar-refractivity contribution is 7.88. The molecule has 146 valence electrons. The zero-order valence-electron chi connectivity index (χ0n) is 15.5. The number of nitrogens with zero attached hydrogens (tertiary/aromatic N) is 1. The third-order valence-corrected chi connectivity index (χ3v) is 5.50. The van der Waals surface area contributed by atoms with Crippen molar-refractivity contribution in [3.8, 4) is 5.75 Å². The van der Waals surface area contributed by atoms with Crippen LogP contribution in [0, 0.1) is 0 Å². The summed E-state index contributed by atoms with van der Waals surface area (Å²) in [5.74, 6) is 0.348. The molecule has 1 N–H and O–H groups in total. The van der Waals surface area contributed by atoms with Gasteiger partial charge in [-0.25, -0.2) is 8.42 Å². The lowest BCUT2D eigenvalue weighted by Crippen LogP contribution is -2.40. The van der Waals surface area contributed by atoms with Gasteiger partial charge in [0.25, 0.3) is 0 Å². The van der Waals surface area contributed by atoms with Gasteiger partial charge in [-0.1, -0.05) is 35.9 Å². The maximum atomic E-state index is 12.4. The highest BCUT2D eigenvalue weighted by atomic mass is 35.5. The Hall–Kier alpha value is -2.09. The van der Waals surface area contributed by atoms with Crippen LogP contribution in [0.1, 0.15) is 24.1 Å². The summed E-state index contributed by atoms with van der Waals surface area (Å²) >= 11 is 5.85. The molecule has 2 rings (SSSR count). The Morgan fingerprint density at radius 3 is 2.26 bits per heavy atom. The first-order valence-corrected chi connectivity index (χ1v) is 10.5. The van der Waals surface area contributed by atoms with Crippen LogP contribution in [0.25, 0.3) is 0 Å². The Bertz CT molecular complexity index is 868.